The van der Waals surface area contributed by atoms with Gasteiger partial charge in [0.2, 0.25) is 0 Å². The molecule has 0 N–H and O–H groups in total. The summed E-state index contributed by atoms with van der Waals surface area (Å²) >= 11 is 6.95. The molecule has 0 aromatic rings. The Balaban J connectivity index is 3.43. The highest BCUT2D eigenvalue weighted by atomic mass is 79.9. The molecule has 0 bridgehead atoms. The van der Waals surface area contributed by atoms with Crippen LogP contribution in [0.1, 0.15) is 0 Å². The minimum Gasteiger partial charge on any atom is -0.0931 e. The molecule has 0 amide bonds. The molecule has 0 fully saturated rings. The number of halogens is 2. The second-order valence-electron chi connectivity index (χ2n) is 3.04. The summed E-state index contributed by atoms with van der Waals surface area (Å²) in [7, 11) is -0.797. The first kappa shape index (κ1) is 10.2. The van der Waals surface area contributed by atoms with Gasteiger partial charge in [-0.05, 0) is 12.1 Å². The predicted molar refractivity (Wildman–Crippen MR) is 54.7 cm³/mol. The van der Waals surface area contributed by atoms with Gasteiger partial charge in [0.15, 0.2) is 0 Å². The van der Waals surface area contributed by atoms with Gasteiger partial charge in [0.1, 0.15) is 0 Å². The topological polar surface area (TPSA) is 0 Å². The number of alkyl halides is 2. The molecule has 0 aliphatic rings. The fraction of sp³-hybridized carbons (Fsp3) is 1.00. The Hall–Kier alpha value is 1.18. The van der Waals surface area contributed by atoms with E-state index >= 15 is 0 Å². The lowest BCUT2D eigenvalue weighted by Gasteiger charge is -2.18. The van der Waals surface area contributed by atoms with Crippen LogP contribution in [-0.2, 0) is 0 Å². The molecule has 0 heterocycles. The molecule has 56 valence electrons. The monoisotopic (exact) mass is 272 g/mol. The van der Waals surface area contributed by atoms with Gasteiger partial charge in [-0.2, -0.15) is 0 Å². The van der Waals surface area contributed by atoms with Crippen LogP contribution in [0.3, 0.4) is 0 Å². The van der Waals surface area contributed by atoms with Crippen molar-refractivity contribution in [2.24, 2.45) is 0 Å². The highest BCUT2D eigenvalue weighted by Gasteiger charge is 2.17. The molecule has 0 nitrogen and oxygen atoms in total. The summed E-state index contributed by atoms with van der Waals surface area (Å²) < 4.78 is 0. The van der Waals surface area contributed by atoms with Crippen molar-refractivity contribution in [3.8, 4) is 0 Å². The van der Waals surface area contributed by atoms with Crippen LogP contribution in [-0.4, -0.2) is 18.7 Å². The van der Waals surface area contributed by atoms with Gasteiger partial charge in [-0.15, -0.1) is 0 Å². The van der Waals surface area contributed by atoms with Crippen LogP contribution in [0.4, 0.5) is 0 Å². The molecule has 0 rings (SSSR count). The molecule has 0 aromatic heterocycles. The van der Waals surface area contributed by atoms with E-state index in [1.807, 2.05) is 0 Å². The van der Waals surface area contributed by atoms with Crippen molar-refractivity contribution >= 4 is 39.9 Å². The summed E-state index contributed by atoms with van der Waals surface area (Å²) in [6.45, 7) is 4.88. The van der Waals surface area contributed by atoms with Crippen molar-refractivity contribution in [3.05, 3.63) is 0 Å². The molecule has 3 heteroatoms. The van der Waals surface area contributed by atoms with E-state index in [4.69, 9.17) is 0 Å². The Kier molecular flexibility index (Phi) is 5.55. The fourth-order valence-corrected chi connectivity index (χ4v) is 8.35. The largest absolute Gasteiger partial charge is 0.0931 e. The van der Waals surface area contributed by atoms with Crippen LogP contribution >= 0.6 is 31.9 Å². The molecule has 0 atom stereocenters. The fourth-order valence-electron chi connectivity index (χ4n) is 0.637. The number of hydrogen-bond acceptors (Lipinski definition) is 0. The Labute approximate surface area is 75.7 Å². The van der Waals surface area contributed by atoms with E-state index in [0.29, 0.717) is 0 Å². The first-order chi connectivity index (χ1) is 4.12. The second-order valence-corrected chi connectivity index (χ2v) is 9.96. The van der Waals surface area contributed by atoms with Crippen LogP contribution in [0.5, 0.6) is 0 Å². The average molecular weight is 274 g/mol. The van der Waals surface area contributed by atoms with E-state index in [-0.39, 0.29) is 0 Å². The molecule has 0 aliphatic carbocycles. The minimum absolute atomic E-state index is 0.797. The maximum atomic E-state index is 3.47. The lowest BCUT2D eigenvalue weighted by molar-refractivity contribution is 1.29. The lowest BCUT2D eigenvalue weighted by atomic mass is 10.9. The molecule has 0 aromatic carbocycles. The molecule has 0 unspecified atom stereocenters. The third kappa shape index (κ3) is 5.61. The molecule has 0 saturated carbocycles. The van der Waals surface area contributed by atoms with Crippen LogP contribution in [0.2, 0.25) is 25.2 Å². The van der Waals surface area contributed by atoms with Crippen LogP contribution in [0, 0.1) is 0 Å². The summed E-state index contributed by atoms with van der Waals surface area (Å²) in [5.41, 5.74) is 0. The highest BCUT2D eigenvalue weighted by molar-refractivity contribution is 9.09. The Morgan fingerprint density at radius 2 is 1.33 bits per heavy atom. The third-order valence-corrected chi connectivity index (χ3v) is 7.01. The van der Waals surface area contributed by atoms with Crippen molar-refractivity contribution in [2.45, 2.75) is 25.2 Å². The summed E-state index contributed by atoms with van der Waals surface area (Å²) in [4.78, 5) is 0. The van der Waals surface area contributed by atoms with E-state index in [1.54, 1.807) is 0 Å². The Morgan fingerprint density at radius 3 is 1.56 bits per heavy atom. The predicted octanol–water partition coefficient (Wildman–Crippen LogP) is 3.48. The molecular formula is C6H14Br2Si. The van der Waals surface area contributed by atoms with E-state index in [0.717, 1.165) is 0 Å². The molecule has 0 aliphatic heterocycles. The van der Waals surface area contributed by atoms with Gasteiger partial charge in [-0.1, -0.05) is 45.0 Å². The van der Waals surface area contributed by atoms with Crippen molar-refractivity contribution in [3.63, 3.8) is 0 Å². The smallest absolute Gasteiger partial charge is 0.0490 e. The zero-order valence-corrected chi connectivity index (χ0v) is 10.3. The minimum atomic E-state index is -0.797. The van der Waals surface area contributed by atoms with E-state index in [1.165, 1.54) is 22.7 Å². The van der Waals surface area contributed by atoms with Gasteiger partial charge in [0.05, 0.1) is 0 Å². The summed E-state index contributed by atoms with van der Waals surface area (Å²) in [6, 6.07) is 2.80. The number of rotatable bonds is 4. The first-order valence-corrected chi connectivity index (χ1v) is 8.90. The van der Waals surface area contributed by atoms with E-state index in [9.17, 15) is 0 Å². The van der Waals surface area contributed by atoms with Crippen molar-refractivity contribution < 1.29 is 0 Å². The summed E-state index contributed by atoms with van der Waals surface area (Å²) in [5.74, 6) is 0. The normalized spacial score (nSPS) is 12.0. The first-order valence-electron chi connectivity index (χ1n) is 3.24. The molecule has 9 heavy (non-hydrogen) atoms. The summed E-state index contributed by atoms with van der Waals surface area (Å²) in [6.07, 6.45) is 0. The third-order valence-electron chi connectivity index (χ3n) is 1.54. The van der Waals surface area contributed by atoms with Crippen molar-refractivity contribution in [1.82, 2.24) is 0 Å². The van der Waals surface area contributed by atoms with Gasteiger partial charge in [-0.3, -0.25) is 0 Å². The number of hydrogen-bond donors (Lipinski definition) is 0. The van der Waals surface area contributed by atoms with Gasteiger partial charge in [0, 0.05) is 18.7 Å². The Morgan fingerprint density at radius 1 is 1.00 bits per heavy atom. The lowest BCUT2D eigenvalue weighted by Crippen LogP contribution is -2.25. The highest BCUT2D eigenvalue weighted by Crippen LogP contribution is 2.17. The van der Waals surface area contributed by atoms with Gasteiger partial charge in [-0.25, -0.2) is 0 Å². The van der Waals surface area contributed by atoms with Crippen molar-refractivity contribution in [2.75, 3.05) is 10.7 Å². The second kappa shape index (κ2) is 4.91. The average Bonchev–Trinajstić information content (AvgIpc) is 1.64. The van der Waals surface area contributed by atoms with E-state index in [2.05, 4.69) is 45.0 Å². The van der Waals surface area contributed by atoms with Crippen LogP contribution in [0.15, 0.2) is 0 Å². The molecule has 0 radical (unpaired) electrons. The van der Waals surface area contributed by atoms with Gasteiger partial charge >= 0.3 is 0 Å². The van der Waals surface area contributed by atoms with Crippen LogP contribution in [0.25, 0.3) is 0 Å². The Bertz CT molecular complexity index is 65.5. The summed E-state index contributed by atoms with van der Waals surface area (Å²) in [5, 5.41) is 2.36. The zero-order chi connectivity index (χ0) is 7.33. The SMILES string of the molecule is C[Si](C)(CCBr)CCBr. The molecular weight excluding hydrogens is 260 g/mol. The quantitative estimate of drug-likeness (QED) is 0.544. The molecule has 0 saturated heterocycles. The van der Waals surface area contributed by atoms with Crippen molar-refractivity contribution in [1.29, 1.82) is 0 Å². The maximum absolute atomic E-state index is 3.47. The van der Waals surface area contributed by atoms with Gasteiger partial charge < -0.3 is 0 Å². The standard InChI is InChI=1S/C6H14Br2Si/c1-9(2,5-3-7)6-4-8/h3-6H2,1-2H3. The molecule has 0 spiro atoms. The van der Waals surface area contributed by atoms with Gasteiger partial charge in [0.25, 0.3) is 0 Å². The van der Waals surface area contributed by atoms with Crippen LogP contribution < -0.4 is 0 Å². The van der Waals surface area contributed by atoms with E-state index < -0.39 is 8.07 Å². The maximum Gasteiger partial charge on any atom is 0.0490 e. The zero-order valence-electron chi connectivity index (χ0n) is 6.08.